The highest BCUT2D eigenvalue weighted by Crippen LogP contribution is 2.60. The number of carbonyl (C=O) groups excluding carboxylic acids is 4. The molecule has 1 unspecified atom stereocenters. The van der Waals surface area contributed by atoms with Crippen LogP contribution in [-0.2, 0) is 28.7 Å². The molecule has 54 heavy (non-hydrogen) atoms. The molecule has 2 aromatic carbocycles. The fourth-order valence-electron chi connectivity index (χ4n) is 8.47. The second-order valence-electron chi connectivity index (χ2n) is 14.4. The smallest absolute Gasteiger partial charge is 0.313 e. The van der Waals surface area contributed by atoms with Crippen molar-refractivity contribution in [2.75, 3.05) is 49.6 Å². The number of rotatable bonds is 19. The summed E-state index contributed by atoms with van der Waals surface area (Å²) in [7, 11) is 1.69. The van der Waals surface area contributed by atoms with E-state index in [1.165, 1.54) is 0 Å². The van der Waals surface area contributed by atoms with Gasteiger partial charge in [0.25, 0.3) is 5.91 Å². The Morgan fingerprint density at radius 3 is 2.33 bits per heavy atom. The molecule has 3 heterocycles. The third-order valence-electron chi connectivity index (χ3n) is 11.3. The molecule has 292 valence electrons. The lowest BCUT2D eigenvalue weighted by Gasteiger charge is -2.37. The maximum Gasteiger partial charge on any atom is 0.313 e. The number of benzene rings is 2. The van der Waals surface area contributed by atoms with Gasteiger partial charge in [-0.15, -0.1) is 13.2 Å². The second-order valence-corrected chi connectivity index (χ2v) is 15.6. The lowest BCUT2D eigenvalue weighted by atomic mass is 9.70. The van der Waals surface area contributed by atoms with Gasteiger partial charge in [0.2, 0.25) is 11.8 Å². The van der Waals surface area contributed by atoms with Crippen LogP contribution in [0.3, 0.4) is 0 Å². The summed E-state index contributed by atoms with van der Waals surface area (Å²) in [4.78, 5) is 64.0. The number of aliphatic hydroxyl groups excluding tert-OH is 1. The van der Waals surface area contributed by atoms with E-state index < -0.39 is 47.7 Å². The van der Waals surface area contributed by atoms with E-state index in [1.807, 2.05) is 61.5 Å². The van der Waals surface area contributed by atoms with Gasteiger partial charge in [-0.05, 0) is 76.3 Å². The molecule has 8 atom stereocenters. The maximum atomic E-state index is 15.0. The monoisotopic (exact) mass is 806 g/mol. The highest BCUT2D eigenvalue weighted by atomic mass is 79.9. The fourth-order valence-corrected chi connectivity index (χ4v) is 9.41. The van der Waals surface area contributed by atoms with E-state index in [-0.39, 0.29) is 48.7 Å². The van der Waals surface area contributed by atoms with E-state index in [0.29, 0.717) is 36.9 Å². The van der Waals surface area contributed by atoms with Crippen molar-refractivity contribution in [3.63, 3.8) is 0 Å². The summed E-state index contributed by atoms with van der Waals surface area (Å²) in [5.74, 6) is -3.37. The molecule has 3 saturated heterocycles. The van der Waals surface area contributed by atoms with E-state index in [0.717, 1.165) is 18.8 Å². The first-order valence-corrected chi connectivity index (χ1v) is 20.0. The van der Waals surface area contributed by atoms with Crippen LogP contribution in [0.25, 0.3) is 0 Å². The number of esters is 1. The molecule has 3 aliphatic rings. The molecule has 3 fully saturated rings. The van der Waals surface area contributed by atoms with Crippen LogP contribution in [0.4, 0.5) is 11.4 Å². The van der Waals surface area contributed by atoms with Crippen molar-refractivity contribution in [2.24, 2.45) is 11.8 Å². The van der Waals surface area contributed by atoms with Crippen LogP contribution >= 0.6 is 15.9 Å². The molecule has 2 aromatic rings. The summed E-state index contributed by atoms with van der Waals surface area (Å²) in [5, 5.41) is 9.62. The van der Waals surface area contributed by atoms with Crippen molar-refractivity contribution < 1.29 is 33.8 Å². The highest BCUT2D eigenvalue weighted by Gasteiger charge is 2.77. The number of halogens is 1. The summed E-state index contributed by atoms with van der Waals surface area (Å²) in [5.41, 5.74) is 1.09. The number of allylic oxidation sites excluding steroid dienone is 1. The number of nitrogens with zero attached hydrogens (tertiary/aromatic N) is 4. The average molecular weight is 808 g/mol. The number of alkyl halides is 1. The van der Waals surface area contributed by atoms with Crippen LogP contribution in [0.1, 0.15) is 64.5 Å². The summed E-state index contributed by atoms with van der Waals surface area (Å²) >= 11 is 3.77. The first-order valence-electron chi connectivity index (χ1n) is 19.1. The van der Waals surface area contributed by atoms with Gasteiger partial charge in [-0.2, -0.15) is 0 Å². The van der Waals surface area contributed by atoms with Crippen molar-refractivity contribution in [1.29, 1.82) is 0 Å². The minimum absolute atomic E-state index is 0.0582. The number of anilines is 2. The van der Waals surface area contributed by atoms with E-state index in [4.69, 9.17) is 9.47 Å². The van der Waals surface area contributed by atoms with Crippen LogP contribution in [-0.4, -0.2) is 107 Å². The highest BCUT2D eigenvalue weighted by molar-refractivity contribution is 9.09. The molecule has 0 aliphatic carbocycles. The normalized spacial score (nSPS) is 25.1. The van der Waals surface area contributed by atoms with Crippen LogP contribution in [0.2, 0.25) is 0 Å². The molecule has 3 aliphatic heterocycles. The number of ether oxygens (including phenoxy) is 2. The van der Waals surface area contributed by atoms with Crippen molar-refractivity contribution in [2.45, 2.75) is 87.6 Å². The Morgan fingerprint density at radius 1 is 1.06 bits per heavy atom. The Morgan fingerprint density at radius 2 is 1.72 bits per heavy atom. The molecule has 0 aromatic heterocycles. The van der Waals surface area contributed by atoms with Crippen molar-refractivity contribution in [3.8, 4) is 0 Å². The molecular formula is C42H55BrN4O7. The van der Waals surface area contributed by atoms with Gasteiger partial charge >= 0.3 is 5.97 Å². The number of carbonyl (C=O) groups is 4. The second kappa shape index (κ2) is 18.1. The Hall–Kier alpha value is -4.00. The van der Waals surface area contributed by atoms with Gasteiger partial charge in [0.15, 0.2) is 0 Å². The molecule has 1 spiro atoms. The predicted molar refractivity (Wildman–Crippen MR) is 213 cm³/mol. The average Bonchev–Trinajstić information content (AvgIpc) is 3.78. The van der Waals surface area contributed by atoms with E-state index in [2.05, 4.69) is 47.8 Å². The zero-order chi connectivity index (χ0) is 39.2. The number of likely N-dealkylation sites (N-methyl/N-ethyl adjacent to an activating group) is 1. The molecule has 11 nitrogen and oxygen atoms in total. The third-order valence-corrected chi connectivity index (χ3v) is 12.2. The molecule has 3 amide bonds. The lowest BCUT2D eigenvalue weighted by Crippen LogP contribution is -2.57. The van der Waals surface area contributed by atoms with Gasteiger partial charge in [0, 0.05) is 62.5 Å². The summed E-state index contributed by atoms with van der Waals surface area (Å²) < 4.78 is 13.2. The summed E-state index contributed by atoms with van der Waals surface area (Å²) in [6, 6.07) is 15.5. The van der Waals surface area contributed by atoms with E-state index >= 15 is 0 Å². The van der Waals surface area contributed by atoms with Gasteiger partial charge in [-0.1, -0.05) is 58.4 Å². The zero-order valence-electron chi connectivity index (χ0n) is 31.9. The third kappa shape index (κ3) is 7.88. The maximum absolute atomic E-state index is 15.0. The number of hydrogen-bond acceptors (Lipinski definition) is 8. The van der Waals surface area contributed by atoms with E-state index in [1.54, 1.807) is 33.9 Å². The summed E-state index contributed by atoms with van der Waals surface area (Å²) in [6.07, 6.45) is 3.82. The van der Waals surface area contributed by atoms with Gasteiger partial charge in [-0.3, -0.25) is 19.2 Å². The summed E-state index contributed by atoms with van der Waals surface area (Å²) in [6.45, 7) is 15.7. The Bertz CT molecular complexity index is 1650. The largest absolute Gasteiger partial charge is 0.455 e. The first kappa shape index (κ1) is 41.2. The molecule has 12 heteroatoms. The van der Waals surface area contributed by atoms with Crippen LogP contribution < -0.4 is 9.80 Å². The number of hydrogen-bond donors (Lipinski definition) is 1. The molecular weight excluding hydrogens is 752 g/mol. The molecule has 0 radical (unpaired) electrons. The Labute approximate surface area is 328 Å². The number of unbranched alkanes of at least 4 members (excludes halogenated alkanes) is 1. The van der Waals surface area contributed by atoms with E-state index in [9.17, 15) is 24.3 Å². The fraction of sp³-hybridized carbons (Fsp3) is 0.524. The van der Waals surface area contributed by atoms with Gasteiger partial charge in [0.1, 0.15) is 17.7 Å². The SMILES string of the molecule is C=CCCC(=O)N(C)[C@@H](C)[C@@H](OC(=O)[C@@H]1[C@H]2O[C@@]3(CC2Br)[C@H](C(=O)N(CC=C)c2ccc(N(CC)CC)cc2)N(CCCCO)C(=O)[C@@H]13)c1ccccc1. The van der Waals surface area contributed by atoms with Crippen molar-refractivity contribution in [1.82, 2.24) is 9.80 Å². The quantitative estimate of drug-likeness (QED) is 0.0836. The molecule has 0 saturated carbocycles. The minimum Gasteiger partial charge on any atom is -0.455 e. The lowest BCUT2D eigenvalue weighted by molar-refractivity contribution is -0.164. The van der Waals surface area contributed by atoms with Gasteiger partial charge < -0.3 is 34.2 Å². The zero-order valence-corrected chi connectivity index (χ0v) is 33.5. The molecule has 2 bridgehead atoms. The standard InChI is InChI=1S/C42H55BrN4O7/c1-7-11-19-33(49)44(6)28(5)36(29-17-13-12-14-18-29)53-41(52)34-35-39(50)47(25-15-16-26-48)38(42(35)27-32(43)37(34)54-42)40(51)46(24-8-2)31-22-20-30(21-23-31)45(9-3)10-4/h7-8,12-14,17-18,20-23,28,32,34-38,48H,1-2,9-11,15-16,19,24-27H2,3-6H3/t28-,32?,34-,35+,36+,37-,38-,42+/m0/s1. The van der Waals surface area contributed by atoms with Crippen molar-refractivity contribution in [3.05, 3.63) is 85.5 Å². The van der Waals surface area contributed by atoms with Crippen LogP contribution in [0, 0.1) is 11.8 Å². The Kier molecular flexibility index (Phi) is 13.8. The predicted octanol–water partition coefficient (Wildman–Crippen LogP) is 5.67. The van der Waals surface area contributed by atoms with Crippen LogP contribution in [0.5, 0.6) is 0 Å². The minimum atomic E-state index is -1.30. The topological polar surface area (TPSA) is 120 Å². The molecule has 5 rings (SSSR count). The van der Waals surface area contributed by atoms with Crippen molar-refractivity contribution >= 4 is 51.0 Å². The number of likely N-dealkylation sites (tertiary alicyclic amines) is 1. The van der Waals surface area contributed by atoms with Gasteiger partial charge in [-0.25, -0.2) is 0 Å². The number of fused-ring (bicyclic) bond motifs is 1. The molecule has 1 N–H and O–H groups in total. The number of amides is 3. The van der Waals surface area contributed by atoms with Crippen LogP contribution in [0.15, 0.2) is 79.9 Å². The van der Waals surface area contributed by atoms with Gasteiger partial charge in [0.05, 0.1) is 24.0 Å². The number of aliphatic hydroxyl groups is 1. The first-order chi connectivity index (χ1) is 26.0. The Balaban J connectivity index is 1.50.